The molecule has 2 amide bonds. The van der Waals surface area contributed by atoms with Gasteiger partial charge in [0.1, 0.15) is 30.1 Å². The molecule has 2 aliphatic rings. The predicted molar refractivity (Wildman–Crippen MR) is 125 cm³/mol. The van der Waals surface area contributed by atoms with E-state index in [1.165, 1.54) is 6.33 Å². The van der Waals surface area contributed by atoms with Crippen molar-refractivity contribution in [2.24, 2.45) is 10.7 Å². The third-order valence-corrected chi connectivity index (χ3v) is 6.24. The molecule has 0 aromatic carbocycles. The molecule has 0 saturated carbocycles. The molecule has 0 spiro atoms. The molecule has 11 heteroatoms. The standard InChI is InChI=1S/C22H30N8O3/c1-13(31)29-9-6-14(7-10-29)28-22(32)17-3-4-18(33-17)30-11-15(16(23)5-8-25-2)19-20(24)26-12-27-21(19)30/h5,8,11-12,14,17-18H,3-4,6-7,9-10,23H2,1-2H3,(H,28,32)(H2,24,26,27). The number of nitrogens with one attached hydrogen (secondary N) is 1. The number of aromatic nitrogens is 3. The number of nitrogens with zero attached hydrogens (tertiary/aromatic N) is 5. The van der Waals surface area contributed by atoms with E-state index < -0.39 is 6.10 Å². The fourth-order valence-corrected chi connectivity index (χ4v) is 4.44. The number of hydrogen-bond acceptors (Lipinski definition) is 8. The van der Waals surface area contributed by atoms with Crippen molar-refractivity contribution in [1.82, 2.24) is 24.8 Å². The maximum absolute atomic E-state index is 12.8. The number of piperidine rings is 1. The van der Waals surface area contributed by atoms with Gasteiger partial charge in [0.05, 0.1) is 5.39 Å². The Kier molecular flexibility index (Phi) is 6.59. The zero-order valence-corrected chi connectivity index (χ0v) is 18.9. The molecule has 4 rings (SSSR count). The monoisotopic (exact) mass is 454 g/mol. The van der Waals surface area contributed by atoms with Crippen LogP contribution >= 0.6 is 0 Å². The van der Waals surface area contributed by atoms with E-state index in [9.17, 15) is 9.59 Å². The lowest BCUT2D eigenvalue weighted by atomic mass is 10.0. The van der Waals surface area contributed by atoms with Crippen LogP contribution in [0.2, 0.25) is 0 Å². The number of carbonyl (C=O) groups excluding carboxylic acids is 2. The SMILES string of the molecule is CN=CC=C(N)c1cn(C2CCC(C(=O)NC3CCN(C(C)=O)CC3)O2)c2ncnc(N)c12. The van der Waals surface area contributed by atoms with Crippen LogP contribution in [0, 0.1) is 0 Å². The smallest absolute Gasteiger partial charge is 0.249 e. The van der Waals surface area contributed by atoms with Crippen LogP contribution in [0.4, 0.5) is 5.82 Å². The zero-order valence-electron chi connectivity index (χ0n) is 18.9. The second-order valence-corrected chi connectivity index (χ2v) is 8.38. The Labute approximate surface area is 191 Å². The highest BCUT2D eigenvalue weighted by molar-refractivity contribution is 5.99. The van der Waals surface area contributed by atoms with E-state index in [0.717, 1.165) is 12.8 Å². The second-order valence-electron chi connectivity index (χ2n) is 8.38. The van der Waals surface area contributed by atoms with Crippen molar-refractivity contribution in [3.8, 4) is 0 Å². The maximum Gasteiger partial charge on any atom is 0.249 e. The number of amides is 2. The first-order valence-electron chi connectivity index (χ1n) is 11.1. The van der Waals surface area contributed by atoms with Crippen LogP contribution in [0.5, 0.6) is 0 Å². The number of nitrogen functional groups attached to an aromatic ring is 1. The van der Waals surface area contributed by atoms with Gasteiger partial charge in [0.15, 0.2) is 0 Å². The molecule has 2 unspecified atom stereocenters. The van der Waals surface area contributed by atoms with Gasteiger partial charge in [-0.15, -0.1) is 0 Å². The molecule has 2 aliphatic heterocycles. The van der Waals surface area contributed by atoms with Gasteiger partial charge in [-0.1, -0.05) is 0 Å². The van der Waals surface area contributed by atoms with Crippen molar-refractivity contribution in [1.29, 1.82) is 0 Å². The summed E-state index contributed by atoms with van der Waals surface area (Å²) in [7, 11) is 1.66. The highest BCUT2D eigenvalue weighted by Gasteiger charge is 2.34. The van der Waals surface area contributed by atoms with Crippen molar-refractivity contribution in [2.75, 3.05) is 25.9 Å². The number of nitrogens with two attached hydrogens (primary N) is 2. The number of aliphatic imine (C=N–C) groups is 1. The Morgan fingerprint density at radius 1 is 1.24 bits per heavy atom. The number of rotatable bonds is 5. The summed E-state index contributed by atoms with van der Waals surface area (Å²) in [6.45, 7) is 2.89. The van der Waals surface area contributed by atoms with E-state index in [2.05, 4.69) is 20.3 Å². The van der Waals surface area contributed by atoms with Crippen LogP contribution in [0.3, 0.4) is 0 Å². The van der Waals surface area contributed by atoms with Gasteiger partial charge in [-0.25, -0.2) is 9.97 Å². The van der Waals surface area contributed by atoms with Gasteiger partial charge in [0.25, 0.3) is 0 Å². The molecule has 33 heavy (non-hydrogen) atoms. The normalized spacial score (nSPS) is 22.4. The van der Waals surface area contributed by atoms with Gasteiger partial charge in [0.2, 0.25) is 11.8 Å². The Morgan fingerprint density at radius 3 is 2.70 bits per heavy atom. The lowest BCUT2D eigenvalue weighted by molar-refractivity contribution is -0.135. The van der Waals surface area contributed by atoms with Crippen LogP contribution in [-0.4, -0.2) is 69.7 Å². The van der Waals surface area contributed by atoms with Crippen LogP contribution in [0.25, 0.3) is 16.7 Å². The van der Waals surface area contributed by atoms with Gasteiger partial charge in [-0.2, -0.15) is 0 Å². The number of allylic oxidation sites excluding steroid dienone is 1. The number of ether oxygens (including phenoxy) is 1. The van der Waals surface area contributed by atoms with E-state index in [0.29, 0.717) is 54.0 Å². The van der Waals surface area contributed by atoms with E-state index >= 15 is 0 Å². The summed E-state index contributed by atoms with van der Waals surface area (Å²) in [5, 5.41) is 3.73. The summed E-state index contributed by atoms with van der Waals surface area (Å²) >= 11 is 0. The first-order chi connectivity index (χ1) is 15.9. The molecule has 4 heterocycles. The zero-order chi connectivity index (χ0) is 23.5. The summed E-state index contributed by atoms with van der Waals surface area (Å²) in [4.78, 5) is 38.6. The summed E-state index contributed by atoms with van der Waals surface area (Å²) in [6, 6.07) is 0.0486. The fraction of sp³-hybridized carbons (Fsp3) is 0.500. The molecule has 11 nitrogen and oxygen atoms in total. The predicted octanol–water partition coefficient (Wildman–Crippen LogP) is 0.818. The van der Waals surface area contributed by atoms with Crippen LogP contribution in [0.15, 0.2) is 23.6 Å². The van der Waals surface area contributed by atoms with Crippen LogP contribution in [-0.2, 0) is 14.3 Å². The topological polar surface area (TPSA) is 154 Å². The van der Waals surface area contributed by atoms with Crippen LogP contribution in [0.1, 0.15) is 44.4 Å². The van der Waals surface area contributed by atoms with E-state index in [4.69, 9.17) is 16.2 Å². The van der Waals surface area contributed by atoms with E-state index in [1.807, 2.05) is 10.8 Å². The molecule has 2 aromatic rings. The van der Waals surface area contributed by atoms with Gasteiger partial charge in [-0.05, 0) is 31.8 Å². The lowest BCUT2D eigenvalue weighted by Crippen LogP contribution is -2.48. The number of hydrogen-bond donors (Lipinski definition) is 3. The number of carbonyl (C=O) groups is 2. The first-order valence-corrected chi connectivity index (χ1v) is 11.1. The third kappa shape index (κ3) is 4.68. The van der Waals surface area contributed by atoms with Gasteiger partial charge < -0.3 is 31.0 Å². The van der Waals surface area contributed by atoms with Crippen molar-refractivity contribution in [3.63, 3.8) is 0 Å². The Hall–Kier alpha value is -3.47. The quantitative estimate of drug-likeness (QED) is 0.565. The van der Waals surface area contributed by atoms with Gasteiger partial charge in [-0.3, -0.25) is 14.6 Å². The molecule has 2 aromatic heterocycles. The molecule has 176 valence electrons. The van der Waals surface area contributed by atoms with Crippen molar-refractivity contribution >= 4 is 40.6 Å². The molecule has 2 atom stereocenters. The molecular formula is C22H30N8O3. The highest BCUT2D eigenvalue weighted by atomic mass is 16.5. The molecule has 0 radical (unpaired) electrons. The lowest BCUT2D eigenvalue weighted by Gasteiger charge is -2.32. The fourth-order valence-electron chi connectivity index (χ4n) is 4.44. The number of fused-ring (bicyclic) bond motifs is 1. The molecule has 2 fully saturated rings. The van der Waals surface area contributed by atoms with Crippen molar-refractivity contribution in [3.05, 3.63) is 24.2 Å². The average Bonchev–Trinajstić information content (AvgIpc) is 3.44. The van der Waals surface area contributed by atoms with Gasteiger partial charge in [0, 0.05) is 56.8 Å². The molecular weight excluding hydrogens is 424 g/mol. The maximum atomic E-state index is 12.8. The van der Waals surface area contributed by atoms with Crippen LogP contribution < -0.4 is 16.8 Å². The minimum atomic E-state index is -0.555. The minimum absolute atomic E-state index is 0.0486. The first kappa shape index (κ1) is 22.7. The summed E-state index contributed by atoms with van der Waals surface area (Å²) in [5.74, 6) is 0.271. The van der Waals surface area contributed by atoms with Crippen molar-refractivity contribution < 1.29 is 14.3 Å². The number of likely N-dealkylation sites (tertiary alicyclic amines) is 1. The molecule has 5 N–H and O–H groups in total. The van der Waals surface area contributed by atoms with Crippen molar-refractivity contribution in [2.45, 2.75) is 51.0 Å². The minimum Gasteiger partial charge on any atom is -0.398 e. The summed E-state index contributed by atoms with van der Waals surface area (Å²) < 4.78 is 8.00. The second kappa shape index (κ2) is 9.57. The van der Waals surface area contributed by atoms with E-state index in [1.54, 1.807) is 31.2 Å². The number of anilines is 1. The Balaban J connectivity index is 1.48. The van der Waals surface area contributed by atoms with Gasteiger partial charge >= 0.3 is 0 Å². The Bertz CT molecular complexity index is 1100. The molecule has 0 bridgehead atoms. The molecule has 0 aliphatic carbocycles. The summed E-state index contributed by atoms with van der Waals surface area (Å²) in [5.41, 5.74) is 14.2. The average molecular weight is 455 g/mol. The molecule has 2 saturated heterocycles. The highest BCUT2D eigenvalue weighted by Crippen LogP contribution is 2.35. The summed E-state index contributed by atoms with van der Waals surface area (Å²) in [6.07, 6.45) is 8.33. The Morgan fingerprint density at radius 2 is 2.00 bits per heavy atom. The third-order valence-electron chi connectivity index (χ3n) is 6.24. The van der Waals surface area contributed by atoms with E-state index in [-0.39, 0.29) is 24.1 Å². The largest absolute Gasteiger partial charge is 0.398 e.